The first-order valence-corrected chi connectivity index (χ1v) is 13.0. The second-order valence-electron chi connectivity index (χ2n) is 10.5. The minimum atomic E-state index is -0.659. The summed E-state index contributed by atoms with van der Waals surface area (Å²) in [6, 6.07) is 9.90. The number of ether oxygens (including phenoxy) is 2. The zero-order valence-corrected chi connectivity index (χ0v) is 21.4. The molecular formula is C28H27ClN2O6. The lowest BCUT2D eigenvalue weighted by Gasteiger charge is -2.20. The number of fused-ring (bicyclic) bond motifs is 5. The highest BCUT2D eigenvalue weighted by Crippen LogP contribution is 2.56. The molecule has 4 aliphatic rings. The number of rotatable bonds is 5. The number of carbonyl (C=O) groups excluding carboxylic acids is 4. The van der Waals surface area contributed by atoms with Crippen molar-refractivity contribution in [3.05, 3.63) is 47.0 Å². The highest BCUT2D eigenvalue weighted by Gasteiger charge is 2.61. The molecule has 5 atom stereocenters. The summed E-state index contributed by atoms with van der Waals surface area (Å²) in [5.74, 6) is -0.566. The smallest absolute Gasteiger partial charge is 0.316 e. The van der Waals surface area contributed by atoms with Gasteiger partial charge in [-0.25, -0.2) is 4.90 Å². The summed E-state index contributed by atoms with van der Waals surface area (Å²) in [6.45, 7) is 1.94. The summed E-state index contributed by atoms with van der Waals surface area (Å²) < 4.78 is 11.0. The lowest BCUT2D eigenvalue weighted by molar-refractivity contribution is -0.139. The number of carbonyl (C=O) groups is 4. The number of methoxy groups -OCH3 is 1. The first-order valence-electron chi connectivity index (χ1n) is 12.6. The molecule has 9 heteroatoms. The summed E-state index contributed by atoms with van der Waals surface area (Å²) in [6.07, 6.45) is 3.04. The predicted octanol–water partition coefficient (Wildman–Crippen LogP) is 4.15. The van der Waals surface area contributed by atoms with Crippen LogP contribution in [-0.2, 0) is 19.2 Å². The average molecular weight is 523 g/mol. The van der Waals surface area contributed by atoms with Crippen LogP contribution in [0.4, 0.5) is 11.4 Å². The van der Waals surface area contributed by atoms with E-state index in [0.717, 1.165) is 19.3 Å². The first kappa shape index (κ1) is 24.0. The fourth-order valence-corrected chi connectivity index (χ4v) is 6.93. The number of aryl methyl sites for hydroxylation is 1. The zero-order valence-electron chi connectivity index (χ0n) is 20.6. The molecule has 192 valence electrons. The third kappa shape index (κ3) is 3.81. The molecule has 2 saturated carbocycles. The van der Waals surface area contributed by atoms with Crippen molar-refractivity contribution in [2.24, 2.45) is 29.6 Å². The van der Waals surface area contributed by atoms with Crippen LogP contribution in [0.15, 0.2) is 36.4 Å². The summed E-state index contributed by atoms with van der Waals surface area (Å²) in [7, 11) is 1.50. The highest BCUT2D eigenvalue weighted by molar-refractivity contribution is 6.31. The van der Waals surface area contributed by atoms with Crippen molar-refractivity contribution in [3.63, 3.8) is 0 Å². The lowest BCUT2D eigenvalue weighted by Crippen LogP contribution is -2.33. The lowest BCUT2D eigenvalue weighted by atomic mass is 9.81. The molecule has 2 aromatic carbocycles. The zero-order chi connectivity index (χ0) is 26.0. The van der Waals surface area contributed by atoms with E-state index in [0.29, 0.717) is 45.3 Å². The molecule has 0 N–H and O–H groups in total. The Labute approximate surface area is 219 Å². The fourth-order valence-electron chi connectivity index (χ4n) is 6.76. The van der Waals surface area contributed by atoms with Crippen molar-refractivity contribution < 1.29 is 28.7 Å². The number of halogens is 1. The largest absolute Gasteiger partial charge is 0.495 e. The van der Waals surface area contributed by atoms with E-state index >= 15 is 0 Å². The minimum absolute atomic E-state index is 0.00740. The Morgan fingerprint density at radius 1 is 0.973 bits per heavy atom. The number of nitrogens with zero attached hydrogens (tertiary/aromatic N) is 2. The van der Waals surface area contributed by atoms with Gasteiger partial charge in [-0.15, -0.1) is 0 Å². The third-order valence-electron chi connectivity index (χ3n) is 8.45. The number of benzene rings is 2. The Kier molecular flexibility index (Phi) is 5.75. The Hall–Kier alpha value is -3.39. The van der Waals surface area contributed by atoms with Gasteiger partial charge in [-0.3, -0.25) is 19.2 Å². The van der Waals surface area contributed by atoms with Gasteiger partial charge in [-0.05, 0) is 80.0 Å². The van der Waals surface area contributed by atoms with Gasteiger partial charge in [0.05, 0.1) is 36.2 Å². The van der Waals surface area contributed by atoms with Crippen molar-refractivity contribution in [3.8, 4) is 11.5 Å². The van der Waals surface area contributed by atoms with Crippen molar-refractivity contribution in [1.29, 1.82) is 0 Å². The van der Waals surface area contributed by atoms with E-state index < -0.39 is 11.9 Å². The molecule has 0 radical (unpaired) electrons. The molecule has 2 heterocycles. The maximum Gasteiger partial charge on any atom is 0.316 e. The minimum Gasteiger partial charge on any atom is -0.495 e. The molecule has 2 aromatic rings. The van der Waals surface area contributed by atoms with E-state index in [9.17, 15) is 19.2 Å². The predicted molar refractivity (Wildman–Crippen MR) is 136 cm³/mol. The average Bonchev–Trinajstić information content (AvgIpc) is 3.63. The molecular weight excluding hydrogens is 496 g/mol. The number of hydrogen-bond acceptors (Lipinski definition) is 6. The Bertz CT molecular complexity index is 1310. The summed E-state index contributed by atoms with van der Waals surface area (Å²) in [5, 5.41) is 0.455. The van der Waals surface area contributed by atoms with E-state index in [1.54, 1.807) is 43.3 Å². The molecule has 6 rings (SSSR count). The van der Waals surface area contributed by atoms with Gasteiger partial charge in [0.1, 0.15) is 11.5 Å². The fraction of sp³-hybridized carbons (Fsp3) is 0.429. The highest BCUT2D eigenvalue weighted by atomic mass is 35.5. The molecule has 0 spiro atoms. The van der Waals surface area contributed by atoms with Gasteiger partial charge in [0.2, 0.25) is 17.7 Å². The van der Waals surface area contributed by atoms with Crippen molar-refractivity contribution >= 4 is 46.7 Å². The SMILES string of the molecule is COc1ccc(Cl)cc1N1C[C@@H](C(=O)Oc2ccc(N3C(=O)[C@@H]4[C@H]5CC[C@@H](C5)[C@@H]4C3=O)c(C)c2)CC1=O. The molecule has 0 unspecified atom stereocenters. The normalized spacial score (nSPS) is 28.3. The second-order valence-corrected chi connectivity index (χ2v) is 10.9. The number of anilines is 2. The monoisotopic (exact) mass is 522 g/mol. The first-order chi connectivity index (χ1) is 17.8. The van der Waals surface area contributed by atoms with Gasteiger partial charge < -0.3 is 14.4 Å². The van der Waals surface area contributed by atoms with Crippen LogP contribution in [0.2, 0.25) is 5.02 Å². The maximum absolute atomic E-state index is 13.2. The van der Waals surface area contributed by atoms with E-state index in [1.165, 1.54) is 16.9 Å². The van der Waals surface area contributed by atoms with Crippen LogP contribution in [0, 0.1) is 36.5 Å². The van der Waals surface area contributed by atoms with Crippen molar-refractivity contribution in [1.82, 2.24) is 0 Å². The summed E-state index contributed by atoms with van der Waals surface area (Å²) >= 11 is 6.11. The molecule has 37 heavy (non-hydrogen) atoms. The van der Waals surface area contributed by atoms with Gasteiger partial charge in [-0.1, -0.05) is 11.6 Å². The van der Waals surface area contributed by atoms with Gasteiger partial charge >= 0.3 is 5.97 Å². The Morgan fingerprint density at radius 2 is 1.68 bits per heavy atom. The van der Waals surface area contributed by atoms with Crippen LogP contribution in [0.1, 0.15) is 31.2 Å². The van der Waals surface area contributed by atoms with Gasteiger partial charge in [0, 0.05) is 18.0 Å². The van der Waals surface area contributed by atoms with E-state index in [4.69, 9.17) is 21.1 Å². The molecule has 8 nitrogen and oxygen atoms in total. The standard InChI is InChI=1S/C28H27ClN2O6/c1-14-9-19(6-7-20(14)31-26(33)24-15-3-4-16(10-15)25(24)27(31)34)37-28(35)17-11-23(32)30(13-17)21-12-18(29)5-8-22(21)36-2/h5-9,12,15-17,24-25H,3-4,10-11,13H2,1-2H3/t15-,16-,17-,24-,25+/m0/s1. The van der Waals surface area contributed by atoms with Crippen LogP contribution in [0.5, 0.6) is 11.5 Å². The van der Waals surface area contributed by atoms with Crippen molar-refractivity contribution in [2.75, 3.05) is 23.5 Å². The Morgan fingerprint density at radius 3 is 2.32 bits per heavy atom. The van der Waals surface area contributed by atoms with Gasteiger partial charge in [0.15, 0.2) is 0 Å². The molecule has 2 aliphatic heterocycles. The van der Waals surface area contributed by atoms with E-state index in [-0.39, 0.29) is 42.5 Å². The number of hydrogen-bond donors (Lipinski definition) is 0. The molecule has 2 saturated heterocycles. The van der Waals surface area contributed by atoms with Crippen LogP contribution in [-0.4, -0.2) is 37.3 Å². The number of imide groups is 1. The van der Waals surface area contributed by atoms with Crippen LogP contribution in [0.25, 0.3) is 0 Å². The Balaban J connectivity index is 1.16. The van der Waals surface area contributed by atoms with Crippen LogP contribution in [0.3, 0.4) is 0 Å². The quantitative estimate of drug-likeness (QED) is 0.333. The van der Waals surface area contributed by atoms with Gasteiger partial charge in [0.25, 0.3) is 0 Å². The summed E-state index contributed by atoms with van der Waals surface area (Å²) in [5.41, 5.74) is 1.72. The number of esters is 1. The third-order valence-corrected chi connectivity index (χ3v) is 8.68. The topological polar surface area (TPSA) is 93.2 Å². The van der Waals surface area contributed by atoms with Crippen LogP contribution < -0.4 is 19.3 Å². The van der Waals surface area contributed by atoms with E-state index in [1.807, 2.05) is 0 Å². The molecule has 2 bridgehead atoms. The molecule has 2 aliphatic carbocycles. The molecule has 3 amide bonds. The summed E-state index contributed by atoms with van der Waals surface area (Å²) in [4.78, 5) is 54.9. The van der Waals surface area contributed by atoms with Gasteiger partial charge in [-0.2, -0.15) is 0 Å². The maximum atomic E-state index is 13.2. The molecule has 4 fully saturated rings. The van der Waals surface area contributed by atoms with Crippen molar-refractivity contribution in [2.45, 2.75) is 32.6 Å². The van der Waals surface area contributed by atoms with Crippen LogP contribution >= 0.6 is 11.6 Å². The number of amides is 3. The van der Waals surface area contributed by atoms with E-state index in [2.05, 4.69) is 0 Å². The second kappa shape index (κ2) is 8.87. The molecule has 0 aromatic heterocycles.